The summed E-state index contributed by atoms with van der Waals surface area (Å²) in [5.74, 6) is 0.819. The fourth-order valence-electron chi connectivity index (χ4n) is 2.66. The van der Waals surface area contributed by atoms with Crippen LogP contribution in [0.3, 0.4) is 0 Å². The van der Waals surface area contributed by atoms with Gasteiger partial charge in [-0.1, -0.05) is 36.3 Å². The van der Waals surface area contributed by atoms with Crippen molar-refractivity contribution in [3.05, 3.63) is 47.3 Å². The van der Waals surface area contributed by atoms with E-state index < -0.39 is 0 Å². The number of hydrogen-bond donors (Lipinski definition) is 1. The summed E-state index contributed by atoms with van der Waals surface area (Å²) in [6.45, 7) is 2.23. The van der Waals surface area contributed by atoms with Gasteiger partial charge in [-0.2, -0.15) is 0 Å². The van der Waals surface area contributed by atoms with Crippen LogP contribution < -0.4 is 5.73 Å². The molecule has 2 atom stereocenters. The van der Waals surface area contributed by atoms with Gasteiger partial charge in [0.15, 0.2) is 0 Å². The van der Waals surface area contributed by atoms with Gasteiger partial charge in [-0.15, -0.1) is 0 Å². The molecule has 1 aromatic heterocycles. The Morgan fingerprint density at radius 2 is 2.19 bits per heavy atom. The Labute approximate surface area is 94.2 Å². The molecule has 2 unspecified atom stereocenters. The first-order valence-electron chi connectivity index (χ1n) is 5.55. The van der Waals surface area contributed by atoms with Crippen molar-refractivity contribution in [2.45, 2.75) is 25.2 Å². The summed E-state index contributed by atoms with van der Waals surface area (Å²) in [6.07, 6.45) is 2.53. The molecule has 0 spiro atoms. The lowest BCUT2D eigenvalue weighted by atomic mass is 9.91. The maximum Gasteiger partial charge on any atom is 0.147 e. The summed E-state index contributed by atoms with van der Waals surface area (Å²) in [5.41, 5.74) is 10.3. The van der Waals surface area contributed by atoms with Crippen LogP contribution in [0.15, 0.2) is 35.1 Å². The van der Waals surface area contributed by atoms with Gasteiger partial charge >= 0.3 is 0 Å². The Kier molecular flexibility index (Phi) is 1.99. The number of fused-ring (bicyclic) bond motifs is 1. The minimum atomic E-state index is 0.358. The van der Waals surface area contributed by atoms with Crippen molar-refractivity contribution in [2.75, 3.05) is 5.73 Å². The summed E-state index contributed by atoms with van der Waals surface area (Å²) >= 11 is 0. The van der Waals surface area contributed by atoms with Gasteiger partial charge in [0.25, 0.3) is 0 Å². The molecule has 0 saturated carbocycles. The van der Waals surface area contributed by atoms with Crippen LogP contribution >= 0.6 is 0 Å². The van der Waals surface area contributed by atoms with Gasteiger partial charge < -0.3 is 10.3 Å². The molecule has 3 heteroatoms. The molecule has 82 valence electrons. The van der Waals surface area contributed by atoms with Gasteiger partial charge in [0.2, 0.25) is 0 Å². The quantitative estimate of drug-likeness (QED) is 0.794. The van der Waals surface area contributed by atoms with Crippen molar-refractivity contribution >= 4 is 5.69 Å². The third-order valence-electron chi connectivity index (χ3n) is 3.57. The molecule has 0 bridgehead atoms. The Hall–Kier alpha value is -1.77. The molecular formula is C13H14N2O. The zero-order chi connectivity index (χ0) is 11.1. The van der Waals surface area contributed by atoms with E-state index in [1.165, 1.54) is 17.4 Å². The smallest absolute Gasteiger partial charge is 0.147 e. The average Bonchev–Trinajstić information content (AvgIpc) is 2.84. The molecule has 3 nitrogen and oxygen atoms in total. The fourth-order valence-corrected chi connectivity index (χ4v) is 2.66. The normalized spacial score (nSPS) is 23.3. The monoisotopic (exact) mass is 214 g/mol. The first-order chi connectivity index (χ1) is 7.77. The highest BCUT2D eigenvalue weighted by Crippen LogP contribution is 2.44. The lowest BCUT2D eigenvalue weighted by molar-refractivity contribution is 0.401. The van der Waals surface area contributed by atoms with Crippen LogP contribution in [0.4, 0.5) is 5.69 Å². The van der Waals surface area contributed by atoms with Crippen LogP contribution in [-0.2, 0) is 6.42 Å². The summed E-state index contributed by atoms with van der Waals surface area (Å²) in [6, 6.07) is 8.54. The third kappa shape index (κ3) is 1.24. The lowest BCUT2D eigenvalue weighted by Crippen LogP contribution is -2.05. The minimum Gasteiger partial charge on any atom is -0.395 e. The molecule has 2 aromatic rings. The highest BCUT2D eigenvalue weighted by atomic mass is 16.5. The standard InChI is InChI=1S/C13H14N2O/c1-8-10-5-3-2-4-9(10)6-11(8)13-12(14)7-16-15-13/h2-5,7-8,11H,6,14H2,1H3. The molecule has 0 saturated heterocycles. The highest BCUT2D eigenvalue weighted by Gasteiger charge is 2.32. The van der Waals surface area contributed by atoms with E-state index in [0.29, 0.717) is 17.5 Å². The maximum absolute atomic E-state index is 5.86. The van der Waals surface area contributed by atoms with E-state index in [-0.39, 0.29) is 0 Å². The first kappa shape index (κ1) is 9.46. The van der Waals surface area contributed by atoms with E-state index in [1.54, 1.807) is 0 Å². The summed E-state index contributed by atoms with van der Waals surface area (Å²) in [4.78, 5) is 0. The van der Waals surface area contributed by atoms with E-state index >= 15 is 0 Å². The van der Waals surface area contributed by atoms with E-state index in [2.05, 4.69) is 36.3 Å². The van der Waals surface area contributed by atoms with Crippen molar-refractivity contribution < 1.29 is 4.52 Å². The van der Waals surface area contributed by atoms with E-state index in [1.807, 2.05) is 0 Å². The minimum absolute atomic E-state index is 0.358. The molecule has 16 heavy (non-hydrogen) atoms. The number of aromatic nitrogens is 1. The lowest BCUT2D eigenvalue weighted by Gasteiger charge is -2.13. The number of nitrogen functional groups attached to an aromatic ring is 1. The zero-order valence-electron chi connectivity index (χ0n) is 9.18. The molecule has 3 rings (SSSR count). The molecule has 0 fully saturated rings. The number of benzene rings is 1. The number of hydrogen-bond acceptors (Lipinski definition) is 3. The first-order valence-corrected chi connectivity index (χ1v) is 5.55. The second-order valence-corrected chi connectivity index (χ2v) is 4.45. The summed E-state index contributed by atoms with van der Waals surface area (Å²) in [5, 5.41) is 4.03. The Morgan fingerprint density at radius 1 is 1.38 bits per heavy atom. The summed E-state index contributed by atoms with van der Waals surface area (Å²) < 4.78 is 4.93. The largest absolute Gasteiger partial charge is 0.395 e. The highest BCUT2D eigenvalue weighted by molar-refractivity contribution is 5.47. The molecule has 2 N–H and O–H groups in total. The van der Waals surface area contributed by atoms with Crippen molar-refractivity contribution in [1.29, 1.82) is 0 Å². The van der Waals surface area contributed by atoms with Crippen molar-refractivity contribution in [2.24, 2.45) is 0 Å². The van der Waals surface area contributed by atoms with E-state index in [4.69, 9.17) is 10.3 Å². The van der Waals surface area contributed by atoms with Crippen molar-refractivity contribution in [1.82, 2.24) is 5.16 Å². The van der Waals surface area contributed by atoms with Crippen LogP contribution in [0, 0.1) is 0 Å². The number of nitrogens with zero attached hydrogens (tertiary/aromatic N) is 1. The number of nitrogens with two attached hydrogens (primary N) is 1. The molecule has 1 aliphatic rings. The predicted octanol–water partition coefficient (Wildman–Crippen LogP) is 2.70. The number of rotatable bonds is 1. The molecule has 1 aromatic carbocycles. The molecule has 1 heterocycles. The van der Waals surface area contributed by atoms with Crippen LogP contribution in [0.5, 0.6) is 0 Å². The topological polar surface area (TPSA) is 52.0 Å². The van der Waals surface area contributed by atoms with Crippen LogP contribution in [0.2, 0.25) is 0 Å². The maximum atomic E-state index is 5.86. The van der Waals surface area contributed by atoms with Crippen molar-refractivity contribution in [3.63, 3.8) is 0 Å². The molecular weight excluding hydrogens is 200 g/mol. The van der Waals surface area contributed by atoms with Crippen LogP contribution in [0.25, 0.3) is 0 Å². The molecule has 0 amide bonds. The van der Waals surface area contributed by atoms with Gasteiger partial charge in [-0.25, -0.2) is 0 Å². The SMILES string of the molecule is CC1c2ccccc2CC1c1nocc1N. The average molecular weight is 214 g/mol. The van der Waals surface area contributed by atoms with Crippen LogP contribution in [-0.4, -0.2) is 5.16 Å². The fraction of sp³-hybridized carbons (Fsp3) is 0.308. The predicted molar refractivity (Wildman–Crippen MR) is 62.2 cm³/mol. The Bertz CT molecular complexity index is 518. The zero-order valence-corrected chi connectivity index (χ0v) is 9.18. The van der Waals surface area contributed by atoms with Crippen LogP contribution in [0.1, 0.15) is 35.6 Å². The second kappa shape index (κ2) is 3.37. The molecule has 1 aliphatic carbocycles. The van der Waals surface area contributed by atoms with E-state index in [9.17, 15) is 0 Å². The van der Waals surface area contributed by atoms with E-state index in [0.717, 1.165) is 12.1 Å². The Morgan fingerprint density at radius 3 is 2.88 bits per heavy atom. The third-order valence-corrected chi connectivity index (χ3v) is 3.57. The van der Waals surface area contributed by atoms with Crippen molar-refractivity contribution in [3.8, 4) is 0 Å². The molecule has 0 aliphatic heterocycles. The van der Waals surface area contributed by atoms with Gasteiger partial charge in [0.1, 0.15) is 12.0 Å². The summed E-state index contributed by atoms with van der Waals surface area (Å²) in [7, 11) is 0. The van der Waals surface area contributed by atoms with Gasteiger partial charge in [0, 0.05) is 5.92 Å². The van der Waals surface area contributed by atoms with Gasteiger partial charge in [-0.3, -0.25) is 0 Å². The second-order valence-electron chi connectivity index (χ2n) is 4.45. The molecule has 0 radical (unpaired) electrons. The van der Waals surface area contributed by atoms with Gasteiger partial charge in [0.05, 0.1) is 5.69 Å². The van der Waals surface area contributed by atoms with Gasteiger partial charge in [-0.05, 0) is 23.5 Å². The number of anilines is 1. The Balaban J connectivity index is 2.02.